The van der Waals surface area contributed by atoms with Crippen molar-refractivity contribution >= 4 is 17.0 Å². The lowest BCUT2D eigenvalue weighted by molar-refractivity contribution is -0.385. The standard InChI is InChI=1S/C15H19N3O3/c1-10-6-11(7-15(19)13(10)9-17(2)3)12-4-5-16-8-14(12)18(20)21/h4-5,7-8,10,13H,6,9H2,1-3H3/t10-,13+/m1/s1. The highest BCUT2D eigenvalue weighted by molar-refractivity contribution is 6.01. The van der Waals surface area contributed by atoms with Gasteiger partial charge in [-0.15, -0.1) is 0 Å². The molecule has 0 saturated heterocycles. The zero-order chi connectivity index (χ0) is 15.6. The number of carbonyl (C=O) groups excluding carboxylic acids is 1. The fourth-order valence-electron chi connectivity index (χ4n) is 2.76. The van der Waals surface area contributed by atoms with E-state index in [-0.39, 0.29) is 23.3 Å². The molecule has 1 aliphatic rings. The molecule has 0 fully saturated rings. The molecular formula is C15H19N3O3. The van der Waals surface area contributed by atoms with Gasteiger partial charge in [-0.3, -0.25) is 19.9 Å². The number of nitrogens with zero attached hydrogens (tertiary/aromatic N) is 3. The van der Waals surface area contributed by atoms with Crippen molar-refractivity contribution in [3.05, 3.63) is 40.2 Å². The van der Waals surface area contributed by atoms with Crippen molar-refractivity contribution in [2.75, 3.05) is 20.6 Å². The molecule has 6 nitrogen and oxygen atoms in total. The largest absolute Gasteiger partial charge is 0.309 e. The molecule has 2 rings (SSSR count). The summed E-state index contributed by atoms with van der Waals surface area (Å²) in [5, 5.41) is 11.1. The Kier molecular flexibility index (Phi) is 4.47. The highest BCUT2D eigenvalue weighted by Gasteiger charge is 2.31. The van der Waals surface area contributed by atoms with Gasteiger partial charge in [-0.2, -0.15) is 0 Å². The number of pyridine rings is 1. The minimum Gasteiger partial charge on any atom is -0.309 e. The van der Waals surface area contributed by atoms with Gasteiger partial charge in [-0.25, -0.2) is 0 Å². The Bertz CT molecular complexity index is 596. The predicted molar refractivity (Wildman–Crippen MR) is 79.7 cm³/mol. The van der Waals surface area contributed by atoms with Gasteiger partial charge in [-0.05, 0) is 44.1 Å². The van der Waals surface area contributed by atoms with E-state index in [1.807, 2.05) is 25.9 Å². The zero-order valence-electron chi connectivity index (χ0n) is 12.4. The smallest absolute Gasteiger partial charge is 0.294 e. The molecular weight excluding hydrogens is 270 g/mol. The quantitative estimate of drug-likeness (QED) is 0.627. The van der Waals surface area contributed by atoms with Crippen molar-refractivity contribution in [1.82, 2.24) is 9.88 Å². The van der Waals surface area contributed by atoms with Crippen molar-refractivity contribution in [3.8, 4) is 0 Å². The van der Waals surface area contributed by atoms with Gasteiger partial charge in [0.05, 0.1) is 10.5 Å². The normalized spacial score (nSPS) is 22.3. The average molecular weight is 289 g/mol. The van der Waals surface area contributed by atoms with Crippen LogP contribution in [-0.2, 0) is 4.79 Å². The fourth-order valence-corrected chi connectivity index (χ4v) is 2.76. The monoisotopic (exact) mass is 289 g/mol. The lowest BCUT2D eigenvalue weighted by atomic mass is 9.78. The highest BCUT2D eigenvalue weighted by Crippen LogP contribution is 2.36. The molecule has 21 heavy (non-hydrogen) atoms. The topological polar surface area (TPSA) is 76.3 Å². The second-order valence-corrected chi connectivity index (χ2v) is 5.77. The van der Waals surface area contributed by atoms with Crippen molar-refractivity contribution in [1.29, 1.82) is 0 Å². The summed E-state index contributed by atoms with van der Waals surface area (Å²) < 4.78 is 0. The summed E-state index contributed by atoms with van der Waals surface area (Å²) in [4.78, 5) is 28.7. The molecule has 0 spiro atoms. The van der Waals surface area contributed by atoms with Gasteiger partial charge in [0.1, 0.15) is 6.20 Å². The molecule has 0 saturated carbocycles. The number of rotatable bonds is 4. The van der Waals surface area contributed by atoms with Crippen LogP contribution in [0.15, 0.2) is 24.5 Å². The Balaban J connectivity index is 2.35. The van der Waals surface area contributed by atoms with E-state index in [0.717, 1.165) is 5.57 Å². The maximum Gasteiger partial charge on any atom is 0.294 e. The second-order valence-electron chi connectivity index (χ2n) is 5.77. The highest BCUT2D eigenvalue weighted by atomic mass is 16.6. The number of hydrogen-bond donors (Lipinski definition) is 0. The molecule has 112 valence electrons. The van der Waals surface area contributed by atoms with E-state index in [4.69, 9.17) is 0 Å². The van der Waals surface area contributed by atoms with E-state index in [1.54, 1.807) is 12.1 Å². The second kappa shape index (κ2) is 6.13. The Morgan fingerprint density at radius 3 is 2.76 bits per heavy atom. The molecule has 0 unspecified atom stereocenters. The Morgan fingerprint density at radius 2 is 2.19 bits per heavy atom. The zero-order valence-corrected chi connectivity index (χ0v) is 12.4. The summed E-state index contributed by atoms with van der Waals surface area (Å²) in [5.74, 6) is 0.154. The van der Waals surface area contributed by atoms with Gasteiger partial charge in [0.2, 0.25) is 0 Å². The van der Waals surface area contributed by atoms with Crippen LogP contribution in [0, 0.1) is 22.0 Å². The molecule has 0 bridgehead atoms. The number of aromatic nitrogens is 1. The van der Waals surface area contributed by atoms with Gasteiger partial charge in [-0.1, -0.05) is 6.92 Å². The van der Waals surface area contributed by atoms with Crippen LogP contribution >= 0.6 is 0 Å². The average Bonchev–Trinajstić information content (AvgIpc) is 2.42. The van der Waals surface area contributed by atoms with Crippen molar-refractivity contribution < 1.29 is 9.72 Å². The Morgan fingerprint density at radius 1 is 1.48 bits per heavy atom. The first kappa shape index (κ1) is 15.3. The predicted octanol–water partition coefficient (Wildman–Crippen LogP) is 2.16. The number of ketones is 1. The molecule has 2 atom stereocenters. The first-order valence-electron chi connectivity index (χ1n) is 6.88. The molecule has 0 radical (unpaired) electrons. The summed E-state index contributed by atoms with van der Waals surface area (Å²) in [7, 11) is 3.87. The van der Waals surface area contributed by atoms with Crippen molar-refractivity contribution in [3.63, 3.8) is 0 Å². The van der Waals surface area contributed by atoms with Crippen LogP contribution in [0.1, 0.15) is 18.9 Å². The lowest BCUT2D eigenvalue weighted by Gasteiger charge is -2.29. The van der Waals surface area contributed by atoms with Crippen molar-refractivity contribution in [2.24, 2.45) is 11.8 Å². The minimum absolute atomic E-state index is 0.0450. The van der Waals surface area contributed by atoms with Crippen LogP contribution < -0.4 is 0 Å². The number of allylic oxidation sites excluding steroid dienone is 2. The molecule has 1 aromatic heterocycles. The third-order valence-corrected chi connectivity index (χ3v) is 3.82. The fraction of sp³-hybridized carbons (Fsp3) is 0.467. The molecule has 0 N–H and O–H groups in total. The number of nitro groups is 1. The van der Waals surface area contributed by atoms with Crippen molar-refractivity contribution in [2.45, 2.75) is 13.3 Å². The van der Waals surface area contributed by atoms with Gasteiger partial charge in [0.25, 0.3) is 5.69 Å². The van der Waals surface area contributed by atoms with Crippen LogP contribution in [0.2, 0.25) is 0 Å². The van der Waals surface area contributed by atoms with E-state index in [0.29, 0.717) is 18.5 Å². The summed E-state index contributed by atoms with van der Waals surface area (Å²) in [6, 6.07) is 1.61. The lowest BCUT2D eigenvalue weighted by Crippen LogP contribution is -2.34. The number of carbonyl (C=O) groups is 1. The minimum atomic E-state index is -0.454. The van der Waals surface area contributed by atoms with Gasteiger partial charge in [0, 0.05) is 18.7 Å². The Hall–Kier alpha value is -2.08. The van der Waals surface area contributed by atoms with Gasteiger partial charge in [0.15, 0.2) is 5.78 Å². The Labute approximate surface area is 123 Å². The maximum atomic E-state index is 12.3. The SMILES string of the molecule is C[C@@H]1CC(c2ccncc2[N+](=O)[O-])=CC(=O)[C@H]1CN(C)C. The molecule has 0 aliphatic heterocycles. The van der Waals surface area contributed by atoms with Crippen LogP contribution in [-0.4, -0.2) is 41.2 Å². The molecule has 6 heteroatoms. The van der Waals surface area contributed by atoms with E-state index < -0.39 is 4.92 Å². The first-order chi connectivity index (χ1) is 9.90. The van der Waals surface area contributed by atoms with E-state index in [1.165, 1.54) is 12.4 Å². The third kappa shape index (κ3) is 3.33. The number of hydrogen-bond acceptors (Lipinski definition) is 5. The first-order valence-corrected chi connectivity index (χ1v) is 6.88. The molecule has 1 heterocycles. The van der Waals surface area contributed by atoms with Crippen LogP contribution in [0.3, 0.4) is 0 Å². The maximum absolute atomic E-state index is 12.3. The van der Waals surface area contributed by atoms with E-state index >= 15 is 0 Å². The molecule has 1 aliphatic carbocycles. The summed E-state index contributed by atoms with van der Waals surface area (Å²) >= 11 is 0. The van der Waals surface area contributed by atoms with Gasteiger partial charge >= 0.3 is 0 Å². The summed E-state index contributed by atoms with van der Waals surface area (Å²) in [5.41, 5.74) is 1.19. The van der Waals surface area contributed by atoms with Gasteiger partial charge < -0.3 is 4.90 Å². The molecule has 1 aromatic rings. The van der Waals surface area contributed by atoms with Crippen LogP contribution in [0.4, 0.5) is 5.69 Å². The van der Waals surface area contributed by atoms with Crippen LogP contribution in [0.25, 0.3) is 5.57 Å². The summed E-state index contributed by atoms with van der Waals surface area (Å²) in [6.07, 6.45) is 4.98. The van der Waals surface area contributed by atoms with E-state index in [9.17, 15) is 14.9 Å². The van der Waals surface area contributed by atoms with Crippen LogP contribution in [0.5, 0.6) is 0 Å². The molecule has 0 amide bonds. The summed E-state index contributed by atoms with van der Waals surface area (Å²) in [6.45, 7) is 2.72. The third-order valence-electron chi connectivity index (χ3n) is 3.82. The molecule has 0 aromatic carbocycles. The van der Waals surface area contributed by atoms with E-state index in [2.05, 4.69) is 4.98 Å².